The van der Waals surface area contributed by atoms with Gasteiger partial charge in [0.1, 0.15) is 5.75 Å². The minimum absolute atomic E-state index is 0.132. The Bertz CT molecular complexity index is 1260. The zero-order valence-electron chi connectivity index (χ0n) is 18.6. The molecule has 1 fully saturated rings. The predicted octanol–water partition coefficient (Wildman–Crippen LogP) is 5.79. The number of allylic oxidation sites excluding steroid dienone is 1. The van der Waals surface area contributed by atoms with Gasteiger partial charge in [0.2, 0.25) is 5.91 Å². The van der Waals surface area contributed by atoms with Crippen molar-refractivity contribution in [3.05, 3.63) is 61.2 Å². The number of rotatable bonds is 9. The Morgan fingerprint density at radius 1 is 1.18 bits per heavy atom. The van der Waals surface area contributed by atoms with Crippen molar-refractivity contribution < 1.29 is 9.53 Å². The molecule has 9 heteroatoms. The van der Waals surface area contributed by atoms with Crippen LogP contribution in [0.2, 0.25) is 0 Å². The molecule has 174 valence electrons. The van der Waals surface area contributed by atoms with Gasteiger partial charge in [-0.1, -0.05) is 41.3 Å². The van der Waals surface area contributed by atoms with Gasteiger partial charge in [-0.25, -0.2) is 4.98 Å². The highest BCUT2D eigenvalue weighted by Gasteiger charge is 2.18. The summed E-state index contributed by atoms with van der Waals surface area (Å²) < 4.78 is 9.08. The van der Waals surface area contributed by atoms with Gasteiger partial charge in [0, 0.05) is 12.1 Å². The summed E-state index contributed by atoms with van der Waals surface area (Å²) in [5, 5.41) is 12.9. The average molecular weight is 492 g/mol. The molecule has 1 N–H and O–H groups in total. The highest BCUT2D eigenvalue weighted by atomic mass is 32.2. The third kappa shape index (κ3) is 5.15. The van der Waals surface area contributed by atoms with Gasteiger partial charge < -0.3 is 10.1 Å². The Kier molecular flexibility index (Phi) is 6.92. The quantitative estimate of drug-likeness (QED) is 0.236. The molecule has 4 aromatic rings. The molecule has 7 nitrogen and oxygen atoms in total. The smallest absolute Gasteiger partial charge is 0.236 e. The first-order valence-electron chi connectivity index (χ1n) is 11.3. The number of fused-ring (bicyclic) bond motifs is 1. The molecule has 2 aromatic carbocycles. The number of carbonyl (C=O) groups excluding carboxylic acids is 1. The molecular weight excluding hydrogens is 466 g/mol. The SMILES string of the molecule is C=CCn1c(SCC(=O)Nc2nc3ccccc3s2)nnc1-c1ccc(OC2CCCC2)cc1. The van der Waals surface area contributed by atoms with Crippen molar-refractivity contribution in [2.24, 2.45) is 0 Å². The molecule has 1 aliphatic rings. The number of anilines is 1. The highest BCUT2D eigenvalue weighted by molar-refractivity contribution is 7.99. The maximum absolute atomic E-state index is 12.5. The van der Waals surface area contributed by atoms with E-state index in [1.807, 2.05) is 53.1 Å². The van der Waals surface area contributed by atoms with E-state index in [-0.39, 0.29) is 11.7 Å². The van der Waals surface area contributed by atoms with Crippen LogP contribution in [-0.2, 0) is 11.3 Å². The second-order valence-corrected chi connectivity index (χ2v) is 10.1. The lowest BCUT2D eigenvalue weighted by molar-refractivity contribution is -0.113. The van der Waals surface area contributed by atoms with Crippen molar-refractivity contribution in [2.45, 2.75) is 43.5 Å². The van der Waals surface area contributed by atoms with Gasteiger partial charge in [-0.3, -0.25) is 9.36 Å². The molecule has 0 spiro atoms. The van der Waals surface area contributed by atoms with Crippen LogP contribution < -0.4 is 10.1 Å². The van der Waals surface area contributed by atoms with Gasteiger partial charge in [0.15, 0.2) is 16.1 Å². The van der Waals surface area contributed by atoms with Gasteiger partial charge in [-0.2, -0.15) is 0 Å². The number of nitrogens with one attached hydrogen (secondary N) is 1. The number of thiazole rings is 1. The number of nitrogens with zero attached hydrogens (tertiary/aromatic N) is 4. The van der Waals surface area contributed by atoms with E-state index < -0.39 is 0 Å². The maximum atomic E-state index is 12.5. The van der Waals surface area contributed by atoms with Crippen molar-refractivity contribution >= 4 is 44.4 Å². The number of carbonyl (C=O) groups is 1. The fourth-order valence-electron chi connectivity index (χ4n) is 4.00. The molecule has 1 saturated carbocycles. The average Bonchev–Trinajstić information content (AvgIpc) is 3.59. The van der Waals surface area contributed by atoms with Crippen LogP contribution in [0.5, 0.6) is 5.75 Å². The second kappa shape index (κ2) is 10.4. The van der Waals surface area contributed by atoms with E-state index in [2.05, 4.69) is 27.1 Å². The zero-order valence-corrected chi connectivity index (χ0v) is 20.3. The van der Waals surface area contributed by atoms with Crippen LogP contribution in [-0.4, -0.2) is 37.5 Å². The molecule has 5 rings (SSSR count). The summed E-state index contributed by atoms with van der Waals surface area (Å²) in [5.41, 5.74) is 1.82. The summed E-state index contributed by atoms with van der Waals surface area (Å²) in [7, 11) is 0. The first-order chi connectivity index (χ1) is 16.7. The standard InChI is InChI=1S/C25H25N5O2S2/c1-2-15-30-23(17-11-13-19(14-12-17)32-18-7-3-4-8-18)28-29-25(30)33-16-22(31)27-24-26-20-9-5-6-10-21(20)34-24/h2,5-6,9-14,18H,1,3-4,7-8,15-16H2,(H,26,27,31). The molecule has 0 saturated heterocycles. The fourth-order valence-corrected chi connectivity index (χ4v) is 5.62. The van der Waals surface area contributed by atoms with Gasteiger partial charge in [0.05, 0.1) is 22.1 Å². The zero-order chi connectivity index (χ0) is 23.3. The van der Waals surface area contributed by atoms with Crippen LogP contribution in [0.15, 0.2) is 66.3 Å². The molecule has 1 amide bonds. The van der Waals surface area contributed by atoms with E-state index in [0.717, 1.165) is 40.2 Å². The van der Waals surface area contributed by atoms with Crippen molar-refractivity contribution in [2.75, 3.05) is 11.1 Å². The lowest BCUT2D eigenvalue weighted by Crippen LogP contribution is -2.14. The summed E-state index contributed by atoms with van der Waals surface area (Å²) >= 11 is 2.80. The molecule has 0 bridgehead atoms. The minimum Gasteiger partial charge on any atom is -0.490 e. The van der Waals surface area contributed by atoms with Crippen molar-refractivity contribution in [1.29, 1.82) is 0 Å². The molecule has 1 aliphatic carbocycles. The third-order valence-corrected chi connectivity index (χ3v) is 7.54. The Hall–Kier alpha value is -3.17. The van der Waals surface area contributed by atoms with Gasteiger partial charge in [-0.05, 0) is 62.1 Å². The van der Waals surface area contributed by atoms with Crippen molar-refractivity contribution in [3.8, 4) is 17.1 Å². The summed E-state index contributed by atoms with van der Waals surface area (Å²) in [5.74, 6) is 1.69. The van der Waals surface area contributed by atoms with Crippen molar-refractivity contribution in [1.82, 2.24) is 19.7 Å². The van der Waals surface area contributed by atoms with Gasteiger partial charge in [0.25, 0.3) is 0 Å². The number of amides is 1. The van der Waals surface area contributed by atoms with Crippen molar-refractivity contribution in [3.63, 3.8) is 0 Å². The lowest BCUT2D eigenvalue weighted by Gasteiger charge is -2.13. The third-order valence-electron chi connectivity index (χ3n) is 5.62. The number of hydrogen-bond donors (Lipinski definition) is 1. The molecule has 34 heavy (non-hydrogen) atoms. The number of benzene rings is 2. The number of para-hydroxylation sites is 1. The molecule has 0 unspecified atom stereocenters. The van der Waals surface area contributed by atoms with Crippen LogP contribution >= 0.6 is 23.1 Å². The first kappa shape index (κ1) is 22.6. The molecule has 0 aliphatic heterocycles. The van der Waals surface area contributed by atoms with Crippen LogP contribution in [0.1, 0.15) is 25.7 Å². The lowest BCUT2D eigenvalue weighted by atomic mass is 10.2. The first-order valence-corrected chi connectivity index (χ1v) is 13.1. The number of aromatic nitrogens is 4. The normalized spacial score (nSPS) is 13.9. The summed E-state index contributed by atoms with van der Waals surface area (Å²) in [6.45, 7) is 4.41. The van der Waals surface area contributed by atoms with Crippen LogP contribution in [0.4, 0.5) is 5.13 Å². The van der Waals surface area contributed by atoms with E-state index in [1.54, 1.807) is 6.08 Å². The molecule has 2 heterocycles. The van der Waals surface area contributed by atoms with Gasteiger partial charge in [-0.15, -0.1) is 16.8 Å². The Morgan fingerprint density at radius 2 is 1.97 bits per heavy atom. The predicted molar refractivity (Wildman–Crippen MR) is 138 cm³/mol. The van der Waals surface area contributed by atoms with E-state index in [1.165, 1.54) is 35.9 Å². The van der Waals surface area contributed by atoms with E-state index >= 15 is 0 Å². The minimum atomic E-state index is -0.132. The number of thioether (sulfide) groups is 1. The summed E-state index contributed by atoms with van der Waals surface area (Å²) in [6.07, 6.45) is 6.87. The number of hydrogen-bond acceptors (Lipinski definition) is 7. The Labute approximate surface area is 206 Å². The van der Waals surface area contributed by atoms with Crippen LogP contribution in [0, 0.1) is 0 Å². The summed E-state index contributed by atoms with van der Waals surface area (Å²) in [4.78, 5) is 17.0. The largest absolute Gasteiger partial charge is 0.490 e. The number of ether oxygens (including phenoxy) is 1. The molecule has 0 atom stereocenters. The Morgan fingerprint density at radius 3 is 2.74 bits per heavy atom. The highest BCUT2D eigenvalue weighted by Crippen LogP contribution is 2.29. The monoisotopic (exact) mass is 491 g/mol. The van der Waals surface area contributed by atoms with Gasteiger partial charge >= 0.3 is 0 Å². The second-order valence-electron chi connectivity index (χ2n) is 8.08. The maximum Gasteiger partial charge on any atom is 0.236 e. The molecule has 2 aromatic heterocycles. The topological polar surface area (TPSA) is 81.9 Å². The van der Waals surface area contributed by atoms with Crippen LogP contribution in [0.25, 0.3) is 21.6 Å². The Balaban J connectivity index is 1.25. The van der Waals surface area contributed by atoms with E-state index in [4.69, 9.17) is 4.74 Å². The van der Waals surface area contributed by atoms with E-state index in [9.17, 15) is 4.79 Å². The molecule has 0 radical (unpaired) electrons. The molecular formula is C25H25N5O2S2. The van der Waals surface area contributed by atoms with Crippen LogP contribution in [0.3, 0.4) is 0 Å². The fraction of sp³-hybridized carbons (Fsp3) is 0.280. The summed E-state index contributed by atoms with van der Waals surface area (Å²) in [6, 6.07) is 15.8. The van der Waals surface area contributed by atoms with E-state index in [0.29, 0.717) is 22.9 Å².